The Morgan fingerprint density at radius 1 is 1.11 bits per heavy atom. The van der Waals surface area contributed by atoms with E-state index in [0.29, 0.717) is 33.6 Å². The van der Waals surface area contributed by atoms with Crippen LogP contribution in [0.4, 0.5) is 0 Å². The normalized spacial score (nSPS) is 10.8. The highest BCUT2D eigenvalue weighted by Crippen LogP contribution is 2.33. The summed E-state index contributed by atoms with van der Waals surface area (Å²) in [5.74, 6) is 1.93. The summed E-state index contributed by atoms with van der Waals surface area (Å²) in [5.41, 5.74) is 3.62. The minimum absolute atomic E-state index is 0.353. The number of carbonyl (C=O) groups is 1. The Kier molecular flexibility index (Phi) is 5.78. The van der Waals surface area contributed by atoms with Gasteiger partial charge < -0.3 is 13.9 Å². The highest BCUT2D eigenvalue weighted by molar-refractivity contribution is 6.30. The molecule has 0 unspecified atom stereocenters. The molecule has 7 heteroatoms. The molecule has 0 aliphatic carbocycles. The lowest BCUT2D eigenvalue weighted by molar-refractivity contribution is 0.0955. The topological polar surface area (TPSA) is 73.1 Å². The smallest absolute Gasteiger partial charge is 0.271 e. The average Bonchev–Trinajstić information content (AvgIpc) is 3.16. The summed E-state index contributed by atoms with van der Waals surface area (Å²) >= 11 is 6.05. The predicted octanol–water partition coefficient (Wildman–Crippen LogP) is 4.38. The van der Waals surface area contributed by atoms with Crippen molar-refractivity contribution in [2.75, 3.05) is 14.2 Å². The number of nitrogens with one attached hydrogen (secondary N) is 1. The zero-order valence-electron chi connectivity index (χ0n) is 14.7. The summed E-state index contributed by atoms with van der Waals surface area (Å²) in [5, 5.41) is 4.50. The van der Waals surface area contributed by atoms with Crippen LogP contribution in [0.15, 0.2) is 64.1 Å². The largest absolute Gasteiger partial charge is 0.497 e. The molecule has 0 spiro atoms. The SMILES string of the molecule is COc1cccc(C(=O)N/N=C\c2ccc(-c3cc(Cl)ccc3OC)o2)c1. The zero-order valence-corrected chi connectivity index (χ0v) is 15.5. The molecular formula is C20H17ClN2O4. The van der Waals surface area contributed by atoms with Crippen LogP contribution in [-0.2, 0) is 0 Å². The summed E-state index contributed by atoms with van der Waals surface area (Å²) < 4.78 is 16.2. The van der Waals surface area contributed by atoms with Crippen molar-refractivity contribution in [3.05, 3.63) is 70.9 Å². The standard InChI is InChI=1S/C20H17ClN2O4/c1-25-15-5-3-4-13(10-15)20(24)23-22-12-16-7-9-19(27-16)17-11-14(21)6-8-18(17)26-2/h3-12H,1-2H3,(H,23,24)/b22-12-. The third kappa shape index (κ3) is 4.48. The second kappa shape index (κ2) is 8.42. The minimum atomic E-state index is -0.353. The Labute approximate surface area is 161 Å². The van der Waals surface area contributed by atoms with Gasteiger partial charge >= 0.3 is 0 Å². The van der Waals surface area contributed by atoms with Gasteiger partial charge in [0.2, 0.25) is 0 Å². The van der Waals surface area contributed by atoms with Crippen molar-refractivity contribution < 1.29 is 18.7 Å². The monoisotopic (exact) mass is 384 g/mol. The van der Waals surface area contributed by atoms with Crippen LogP contribution < -0.4 is 14.9 Å². The first-order valence-corrected chi connectivity index (χ1v) is 8.39. The van der Waals surface area contributed by atoms with Crippen LogP contribution in [0, 0.1) is 0 Å². The van der Waals surface area contributed by atoms with Crippen molar-refractivity contribution in [1.82, 2.24) is 5.43 Å². The summed E-state index contributed by atoms with van der Waals surface area (Å²) in [6.45, 7) is 0. The first-order valence-electron chi connectivity index (χ1n) is 8.02. The van der Waals surface area contributed by atoms with Crippen molar-refractivity contribution in [3.63, 3.8) is 0 Å². The average molecular weight is 385 g/mol. The molecule has 3 aromatic rings. The fourth-order valence-corrected chi connectivity index (χ4v) is 2.60. The number of furan rings is 1. The number of benzene rings is 2. The van der Waals surface area contributed by atoms with Gasteiger partial charge in [0.05, 0.1) is 26.0 Å². The Bertz CT molecular complexity index is 982. The summed E-state index contributed by atoms with van der Waals surface area (Å²) in [7, 11) is 3.12. The first-order chi connectivity index (χ1) is 13.1. The number of hydrogen-bond acceptors (Lipinski definition) is 5. The van der Waals surface area contributed by atoms with E-state index >= 15 is 0 Å². The lowest BCUT2D eigenvalue weighted by Gasteiger charge is -2.06. The molecule has 0 aliphatic heterocycles. The van der Waals surface area contributed by atoms with Crippen molar-refractivity contribution in [2.24, 2.45) is 5.10 Å². The molecule has 0 atom stereocenters. The predicted molar refractivity (Wildman–Crippen MR) is 104 cm³/mol. The van der Waals surface area contributed by atoms with Gasteiger partial charge in [-0.2, -0.15) is 5.10 Å². The van der Waals surface area contributed by atoms with E-state index in [1.165, 1.54) is 6.21 Å². The Morgan fingerprint density at radius 3 is 2.74 bits per heavy atom. The van der Waals surface area contributed by atoms with Gasteiger partial charge in [-0.15, -0.1) is 0 Å². The van der Waals surface area contributed by atoms with Crippen molar-refractivity contribution in [1.29, 1.82) is 0 Å². The van der Waals surface area contributed by atoms with Gasteiger partial charge in [-0.25, -0.2) is 5.43 Å². The van der Waals surface area contributed by atoms with Crippen LogP contribution in [0.2, 0.25) is 5.02 Å². The summed E-state index contributed by atoms with van der Waals surface area (Å²) in [6.07, 6.45) is 1.42. The maximum Gasteiger partial charge on any atom is 0.271 e. The molecule has 0 aliphatic rings. The molecular weight excluding hydrogens is 368 g/mol. The Hall–Kier alpha value is -3.25. The molecule has 1 N–H and O–H groups in total. The van der Waals surface area contributed by atoms with Crippen LogP contribution in [0.3, 0.4) is 0 Å². The van der Waals surface area contributed by atoms with Crippen LogP contribution in [0.5, 0.6) is 11.5 Å². The first kappa shape index (κ1) is 18.5. The molecule has 0 saturated heterocycles. The van der Waals surface area contributed by atoms with Gasteiger partial charge in [0.25, 0.3) is 5.91 Å². The van der Waals surface area contributed by atoms with E-state index in [9.17, 15) is 4.79 Å². The van der Waals surface area contributed by atoms with Gasteiger partial charge in [-0.1, -0.05) is 17.7 Å². The molecule has 1 heterocycles. The number of amides is 1. The lowest BCUT2D eigenvalue weighted by Crippen LogP contribution is -2.17. The van der Waals surface area contributed by atoms with E-state index in [0.717, 1.165) is 5.56 Å². The van der Waals surface area contributed by atoms with Crippen molar-refractivity contribution in [3.8, 4) is 22.8 Å². The van der Waals surface area contributed by atoms with E-state index in [1.807, 2.05) is 0 Å². The van der Waals surface area contributed by atoms with Crippen LogP contribution >= 0.6 is 11.6 Å². The van der Waals surface area contributed by atoms with Gasteiger partial charge in [-0.3, -0.25) is 4.79 Å². The van der Waals surface area contributed by atoms with E-state index in [2.05, 4.69) is 10.5 Å². The molecule has 0 bridgehead atoms. The molecule has 3 rings (SSSR count). The number of hydrogen-bond donors (Lipinski definition) is 1. The highest BCUT2D eigenvalue weighted by Gasteiger charge is 2.11. The number of nitrogens with zero attached hydrogens (tertiary/aromatic N) is 1. The zero-order chi connectivity index (χ0) is 19.2. The molecule has 138 valence electrons. The van der Waals surface area contributed by atoms with Crippen LogP contribution in [-0.4, -0.2) is 26.3 Å². The Balaban J connectivity index is 1.70. The van der Waals surface area contributed by atoms with Gasteiger partial charge in [0.15, 0.2) is 0 Å². The summed E-state index contributed by atoms with van der Waals surface area (Å²) in [4.78, 5) is 12.1. The van der Waals surface area contributed by atoms with E-state index in [1.54, 1.807) is 68.8 Å². The van der Waals surface area contributed by atoms with E-state index < -0.39 is 0 Å². The Morgan fingerprint density at radius 2 is 1.96 bits per heavy atom. The molecule has 6 nitrogen and oxygen atoms in total. The van der Waals surface area contributed by atoms with E-state index in [-0.39, 0.29) is 5.91 Å². The summed E-state index contributed by atoms with van der Waals surface area (Å²) in [6, 6.07) is 15.6. The van der Waals surface area contributed by atoms with Crippen LogP contribution in [0.25, 0.3) is 11.3 Å². The maximum atomic E-state index is 12.1. The fourth-order valence-electron chi connectivity index (χ4n) is 2.42. The van der Waals surface area contributed by atoms with Gasteiger partial charge in [0, 0.05) is 10.6 Å². The maximum absolute atomic E-state index is 12.1. The molecule has 1 amide bonds. The molecule has 1 aromatic heterocycles. The number of ether oxygens (including phenoxy) is 2. The number of hydrazone groups is 1. The third-order valence-electron chi connectivity index (χ3n) is 3.74. The molecule has 0 fully saturated rings. The number of carbonyl (C=O) groups excluding carboxylic acids is 1. The molecule has 0 radical (unpaired) electrons. The van der Waals surface area contributed by atoms with Crippen molar-refractivity contribution in [2.45, 2.75) is 0 Å². The molecule has 27 heavy (non-hydrogen) atoms. The lowest BCUT2D eigenvalue weighted by atomic mass is 10.1. The van der Waals surface area contributed by atoms with Gasteiger partial charge in [0.1, 0.15) is 23.0 Å². The van der Waals surface area contributed by atoms with Crippen LogP contribution in [0.1, 0.15) is 16.1 Å². The number of methoxy groups -OCH3 is 2. The van der Waals surface area contributed by atoms with E-state index in [4.69, 9.17) is 25.5 Å². The number of rotatable bonds is 6. The highest BCUT2D eigenvalue weighted by atomic mass is 35.5. The minimum Gasteiger partial charge on any atom is -0.497 e. The molecule has 2 aromatic carbocycles. The van der Waals surface area contributed by atoms with Gasteiger partial charge in [-0.05, 0) is 48.5 Å². The second-order valence-corrected chi connectivity index (χ2v) is 5.91. The number of halogens is 1. The quantitative estimate of drug-likeness (QED) is 0.505. The van der Waals surface area contributed by atoms with Crippen molar-refractivity contribution >= 4 is 23.7 Å². The third-order valence-corrected chi connectivity index (χ3v) is 3.98. The fraction of sp³-hybridized carbons (Fsp3) is 0.100. The molecule has 0 saturated carbocycles. The second-order valence-electron chi connectivity index (χ2n) is 5.48.